The summed E-state index contributed by atoms with van der Waals surface area (Å²) in [4.78, 5) is 41.1. The van der Waals surface area contributed by atoms with Crippen LogP contribution in [-0.2, 0) is 20.9 Å². The predicted molar refractivity (Wildman–Crippen MR) is 187 cm³/mol. The minimum Gasteiger partial charge on any atom is -0.478 e. The molecule has 250 valence electrons. The molecule has 3 N–H and O–H groups in total. The van der Waals surface area contributed by atoms with Crippen LogP contribution in [0.5, 0.6) is 0 Å². The highest BCUT2D eigenvalue weighted by Gasteiger charge is 2.31. The highest BCUT2D eigenvalue weighted by atomic mass is 16.5. The van der Waals surface area contributed by atoms with Crippen LogP contribution in [0.25, 0.3) is 33.2 Å². The van der Waals surface area contributed by atoms with Crippen molar-refractivity contribution in [3.05, 3.63) is 68.8 Å². The van der Waals surface area contributed by atoms with E-state index in [-0.39, 0.29) is 24.0 Å². The number of carbonyl (C=O) groups is 2. The Bertz CT molecular complexity index is 1870. The molecule has 0 saturated heterocycles. The molecule has 0 fully saturated rings. The average molecular weight is 641 g/mol. The van der Waals surface area contributed by atoms with Gasteiger partial charge in [-0.25, -0.2) is 9.78 Å². The molecule has 0 saturated carbocycles. The summed E-state index contributed by atoms with van der Waals surface area (Å²) in [6.45, 7) is 16.4. The molecule has 8 bridgehead atoms. The van der Waals surface area contributed by atoms with Crippen molar-refractivity contribution in [3.63, 3.8) is 0 Å². The SMILES string of the molecule is CCCCCCOCc1c(C)c2cc3nc(c(C)c4[nH]c(cc5nc(cc1[nH]2)C(C)=C5CC)c(C)c4C(=O)O)[C@@H](CCOC=O)[C@@H]3C. The summed E-state index contributed by atoms with van der Waals surface area (Å²) in [5.41, 5.74) is 12.6. The molecule has 5 heterocycles. The van der Waals surface area contributed by atoms with Gasteiger partial charge in [0.05, 0.1) is 35.7 Å². The van der Waals surface area contributed by atoms with Crippen molar-refractivity contribution < 1.29 is 24.2 Å². The van der Waals surface area contributed by atoms with Crippen molar-refractivity contribution in [2.24, 2.45) is 0 Å². The number of carboxylic acids is 1. The van der Waals surface area contributed by atoms with Gasteiger partial charge >= 0.3 is 5.97 Å². The number of unbranched alkanes of at least 4 members (excludes halogenated alkanes) is 3. The Morgan fingerprint density at radius 1 is 0.915 bits per heavy atom. The highest BCUT2D eigenvalue weighted by Crippen LogP contribution is 2.42. The molecule has 5 rings (SSSR count). The van der Waals surface area contributed by atoms with E-state index in [1.165, 1.54) is 12.8 Å². The molecule has 0 aromatic carbocycles. The van der Waals surface area contributed by atoms with Gasteiger partial charge in [-0.3, -0.25) is 9.78 Å². The summed E-state index contributed by atoms with van der Waals surface area (Å²) >= 11 is 0. The Hall–Kier alpha value is -4.24. The molecule has 0 amide bonds. The lowest BCUT2D eigenvalue weighted by molar-refractivity contribution is -0.128. The number of allylic oxidation sites excluding steroid dienone is 2. The standard InChI is InChI=1S/C38H48N4O5/c1-8-10-11-12-14-46-19-28-23(5)29-16-31-22(4)27(13-15-47-20-43)36(41-31)25(7)37-35(38(44)45)24(6)32(42-37)18-33-26(9-2)21(3)30(39-33)17-34(28)40-29/h16-18,20,22,27,40,42H,8-15,19H2,1-7H3,(H,44,45)/t22-,27-/m0/s1. The number of aromatic nitrogens is 4. The molecule has 0 unspecified atom stereocenters. The van der Waals surface area contributed by atoms with Crippen LogP contribution in [0.3, 0.4) is 0 Å². The zero-order chi connectivity index (χ0) is 33.8. The number of hydrogen-bond donors (Lipinski definition) is 3. The number of aryl methyl sites for hydroxylation is 3. The number of aromatic amines is 2. The minimum atomic E-state index is -1.00. The van der Waals surface area contributed by atoms with Crippen molar-refractivity contribution in [1.29, 1.82) is 0 Å². The zero-order valence-electron chi connectivity index (χ0n) is 28.8. The number of H-pyrrole nitrogens is 2. The fraction of sp³-hybridized carbons (Fsp3) is 0.474. The lowest BCUT2D eigenvalue weighted by Crippen LogP contribution is -2.08. The number of nitrogens with one attached hydrogen (secondary N) is 2. The van der Waals surface area contributed by atoms with Gasteiger partial charge in [0.25, 0.3) is 6.47 Å². The summed E-state index contributed by atoms with van der Waals surface area (Å²) in [5.74, 6) is -1.07. The lowest BCUT2D eigenvalue weighted by Gasteiger charge is -2.16. The van der Waals surface area contributed by atoms with E-state index in [1.54, 1.807) is 0 Å². The Morgan fingerprint density at radius 2 is 1.66 bits per heavy atom. The van der Waals surface area contributed by atoms with E-state index in [1.807, 2.05) is 19.9 Å². The second kappa shape index (κ2) is 14.7. The first-order chi connectivity index (χ1) is 22.6. The van der Waals surface area contributed by atoms with Crippen LogP contribution in [0.4, 0.5) is 0 Å². The first-order valence-electron chi connectivity index (χ1n) is 16.9. The first kappa shape index (κ1) is 34.1. The highest BCUT2D eigenvalue weighted by molar-refractivity contribution is 6.02. The number of aromatic carboxylic acids is 1. The minimum absolute atomic E-state index is 0.00267. The monoisotopic (exact) mass is 640 g/mol. The van der Waals surface area contributed by atoms with E-state index in [9.17, 15) is 14.7 Å². The van der Waals surface area contributed by atoms with E-state index in [0.717, 1.165) is 80.9 Å². The van der Waals surface area contributed by atoms with Crippen molar-refractivity contribution in [2.45, 2.75) is 105 Å². The van der Waals surface area contributed by atoms with Gasteiger partial charge < -0.3 is 24.5 Å². The number of carboxylic acid groups (broad SMARTS) is 1. The van der Waals surface area contributed by atoms with Gasteiger partial charge in [0.1, 0.15) is 0 Å². The number of carbonyl (C=O) groups excluding carboxylic acids is 1. The Labute approximate surface area is 276 Å². The predicted octanol–water partition coefficient (Wildman–Crippen LogP) is 8.83. The molecule has 3 aromatic heterocycles. The van der Waals surface area contributed by atoms with Crippen molar-refractivity contribution in [3.8, 4) is 0 Å². The van der Waals surface area contributed by atoms with Crippen molar-refractivity contribution >= 4 is 45.7 Å². The molecule has 0 spiro atoms. The molecule has 0 aliphatic carbocycles. The van der Waals surface area contributed by atoms with Crippen LogP contribution in [0.15, 0.2) is 18.2 Å². The third-order valence-electron chi connectivity index (χ3n) is 9.98. The van der Waals surface area contributed by atoms with E-state index >= 15 is 0 Å². The Balaban J connectivity index is 1.82. The maximum absolute atomic E-state index is 12.7. The van der Waals surface area contributed by atoms with Gasteiger partial charge in [0.2, 0.25) is 0 Å². The summed E-state index contributed by atoms with van der Waals surface area (Å²) < 4.78 is 11.3. The average Bonchev–Trinajstić information content (AvgIpc) is 3.72. The van der Waals surface area contributed by atoms with Crippen LogP contribution >= 0.6 is 0 Å². The molecule has 9 nitrogen and oxygen atoms in total. The fourth-order valence-electron chi connectivity index (χ4n) is 7.05. The molecular weight excluding hydrogens is 592 g/mol. The maximum Gasteiger partial charge on any atom is 0.338 e. The molecule has 2 aliphatic heterocycles. The first-order valence-corrected chi connectivity index (χ1v) is 16.9. The van der Waals surface area contributed by atoms with Gasteiger partial charge in [-0.15, -0.1) is 0 Å². The van der Waals surface area contributed by atoms with Crippen LogP contribution in [-0.4, -0.2) is 50.7 Å². The summed E-state index contributed by atoms with van der Waals surface area (Å²) in [6.07, 6.45) is 5.96. The zero-order valence-corrected chi connectivity index (χ0v) is 28.8. The van der Waals surface area contributed by atoms with Crippen LogP contribution < -0.4 is 0 Å². The molecule has 2 atom stereocenters. The van der Waals surface area contributed by atoms with E-state index in [4.69, 9.17) is 19.4 Å². The molecule has 3 aromatic rings. The van der Waals surface area contributed by atoms with Gasteiger partial charge in [0, 0.05) is 51.9 Å². The number of nitrogens with zero attached hydrogens (tertiary/aromatic N) is 2. The van der Waals surface area contributed by atoms with Gasteiger partial charge in [0.15, 0.2) is 0 Å². The topological polar surface area (TPSA) is 130 Å². The number of fused-ring (bicyclic) bond motifs is 8. The van der Waals surface area contributed by atoms with Gasteiger partial charge in [-0.1, -0.05) is 40.0 Å². The van der Waals surface area contributed by atoms with E-state index in [2.05, 4.69) is 56.7 Å². The molecule has 0 radical (unpaired) electrons. The third kappa shape index (κ3) is 6.77. The molecular formula is C38H48N4O5. The lowest BCUT2D eigenvalue weighted by atomic mass is 9.87. The smallest absolute Gasteiger partial charge is 0.338 e. The largest absolute Gasteiger partial charge is 0.478 e. The quantitative estimate of drug-likeness (QED) is 0.126. The maximum atomic E-state index is 12.7. The Kier molecular flexibility index (Phi) is 10.6. The van der Waals surface area contributed by atoms with Crippen LogP contribution in [0, 0.1) is 20.8 Å². The number of ether oxygens (including phenoxy) is 2. The van der Waals surface area contributed by atoms with Gasteiger partial charge in [-0.05, 0) is 93.0 Å². The normalized spacial score (nSPS) is 16.1. The van der Waals surface area contributed by atoms with E-state index < -0.39 is 5.97 Å². The summed E-state index contributed by atoms with van der Waals surface area (Å²) in [7, 11) is 0. The van der Waals surface area contributed by atoms with Crippen LogP contribution in [0.2, 0.25) is 0 Å². The molecule has 2 aliphatic rings. The van der Waals surface area contributed by atoms with Crippen LogP contribution in [0.1, 0.15) is 133 Å². The number of hydrogen-bond acceptors (Lipinski definition) is 6. The summed E-state index contributed by atoms with van der Waals surface area (Å²) in [5, 5.41) is 10.4. The van der Waals surface area contributed by atoms with E-state index in [0.29, 0.717) is 42.7 Å². The second-order valence-electron chi connectivity index (χ2n) is 12.9. The van der Waals surface area contributed by atoms with Crippen molar-refractivity contribution in [1.82, 2.24) is 19.9 Å². The molecule has 47 heavy (non-hydrogen) atoms. The van der Waals surface area contributed by atoms with Gasteiger partial charge in [-0.2, -0.15) is 0 Å². The summed E-state index contributed by atoms with van der Waals surface area (Å²) in [6, 6.07) is 6.19. The Morgan fingerprint density at radius 3 is 2.36 bits per heavy atom. The molecule has 9 heteroatoms. The fourth-order valence-corrected chi connectivity index (χ4v) is 7.05. The van der Waals surface area contributed by atoms with Crippen molar-refractivity contribution in [2.75, 3.05) is 13.2 Å². The third-order valence-corrected chi connectivity index (χ3v) is 9.98. The number of rotatable bonds is 13. The second-order valence-corrected chi connectivity index (χ2v) is 12.9.